The average molecular weight is 441 g/mol. The van der Waals surface area contributed by atoms with Crippen LogP contribution in [0.25, 0.3) is 22.6 Å². The predicted octanol–water partition coefficient (Wildman–Crippen LogP) is 5.28. The van der Waals surface area contributed by atoms with Crippen molar-refractivity contribution in [3.63, 3.8) is 0 Å². The summed E-state index contributed by atoms with van der Waals surface area (Å²) in [5, 5.41) is 0.782. The molecule has 5 heteroatoms. The van der Waals surface area contributed by atoms with Crippen LogP contribution in [0.4, 0.5) is 0 Å². The number of fused-ring (bicyclic) bond motifs is 2. The zero-order chi connectivity index (χ0) is 22.6. The fraction of sp³-hybridized carbons (Fsp3) is 0.321. The average Bonchev–Trinajstić information content (AvgIpc) is 3.05. The van der Waals surface area contributed by atoms with Crippen molar-refractivity contribution < 1.29 is 14.3 Å². The number of pyridine rings is 1. The molecule has 3 aromatic rings. The van der Waals surface area contributed by atoms with E-state index in [0.29, 0.717) is 5.56 Å². The normalized spacial score (nSPS) is 17.1. The minimum Gasteiger partial charge on any atom is -0.452 e. The van der Waals surface area contributed by atoms with Crippen LogP contribution in [0.1, 0.15) is 59.3 Å². The maximum absolute atomic E-state index is 13.3. The first-order valence-electron chi connectivity index (χ1n) is 11.8. The Morgan fingerprint density at radius 2 is 1.64 bits per heavy atom. The Labute approximate surface area is 194 Å². The lowest BCUT2D eigenvalue weighted by Crippen LogP contribution is -2.35. The first kappa shape index (κ1) is 21.4. The molecule has 0 atom stereocenters. The molecule has 0 saturated carbocycles. The van der Waals surface area contributed by atoms with Crippen molar-refractivity contribution in [1.82, 2.24) is 9.88 Å². The van der Waals surface area contributed by atoms with Gasteiger partial charge in [-0.25, -0.2) is 9.78 Å². The van der Waals surface area contributed by atoms with Crippen LogP contribution < -0.4 is 0 Å². The molecule has 5 rings (SSSR count). The van der Waals surface area contributed by atoms with Crippen molar-refractivity contribution in [3.05, 3.63) is 77.0 Å². The molecule has 1 saturated heterocycles. The van der Waals surface area contributed by atoms with Crippen LogP contribution in [0.5, 0.6) is 0 Å². The molecule has 1 fully saturated rings. The number of aromatic nitrogens is 1. The predicted molar refractivity (Wildman–Crippen MR) is 130 cm³/mol. The quantitative estimate of drug-likeness (QED) is 0.518. The van der Waals surface area contributed by atoms with Gasteiger partial charge in [-0.2, -0.15) is 0 Å². The highest BCUT2D eigenvalue weighted by molar-refractivity contribution is 6.07. The summed E-state index contributed by atoms with van der Waals surface area (Å²) in [6, 6.07) is 17.8. The molecule has 0 unspecified atom stereocenters. The number of benzene rings is 2. The highest BCUT2D eigenvalue weighted by Crippen LogP contribution is 2.37. The second kappa shape index (κ2) is 9.57. The van der Waals surface area contributed by atoms with Gasteiger partial charge in [0.25, 0.3) is 5.91 Å². The zero-order valence-corrected chi connectivity index (χ0v) is 18.8. The van der Waals surface area contributed by atoms with Gasteiger partial charge in [0.1, 0.15) is 0 Å². The molecule has 0 bridgehead atoms. The van der Waals surface area contributed by atoms with Gasteiger partial charge in [0.05, 0.1) is 16.8 Å². The molecule has 0 radical (unpaired) electrons. The fourth-order valence-corrected chi connectivity index (χ4v) is 4.87. The molecule has 2 aliphatic rings. The first-order valence-corrected chi connectivity index (χ1v) is 11.8. The summed E-state index contributed by atoms with van der Waals surface area (Å²) in [5.41, 5.74) is 5.34. The number of nitrogens with zero attached hydrogens (tertiary/aromatic N) is 2. The van der Waals surface area contributed by atoms with E-state index in [4.69, 9.17) is 9.72 Å². The van der Waals surface area contributed by atoms with Crippen LogP contribution in [-0.2, 0) is 16.0 Å². The van der Waals surface area contributed by atoms with Crippen LogP contribution in [0, 0.1) is 0 Å². The molecule has 1 aliphatic carbocycles. The summed E-state index contributed by atoms with van der Waals surface area (Å²) in [5.74, 6) is -0.543. The van der Waals surface area contributed by atoms with E-state index in [2.05, 4.69) is 18.2 Å². The van der Waals surface area contributed by atoms with Gasteiger partial charge in [0.2, 0.25) is 0 Å². The minimum absolute atomic E-state index is 0.107. The Morgan fingerprint density at radius 1 is 0.909 bits per heavy atom. The largest absolute Gasteiger partial charge is 0.452 e. The molecule has 0 spiro atoms. The van der Waals surface area contributed by atoms with Gasteiger partial charge in [-0.05, 0) is 54.5 Å². The molecule has 1 amide bonds. The molecule has 2 aromatic carbocycles. The standard InChI is InChI=1S/C28H28N2O3/c31-25(30-16-8-1-2-9-17-30)19-33-28(32)26-22-12-6-7-13-24(22)29-27-21(14-15-23(26)27)18-20-10-4-3-5-11-20/h3-7,10-13,18H,1-2,8-9,14-17,19H2. The molecule has 5 nitrogen and oxygen atoms in total. The van der Waals surface area contributed by atoms with Gasteiger partial charge in [0, 0.05) is 18.5 Å². The van der Waals surface area contributed by atoms with E-state index in [0.717, 1.165) is 84.9 Å². The van der Waals surface area contributed by atoms with Gasteiger partial charge in [-0.15, -0.1) is 0 Å². The minimum atomic E-state index is -0.436. The summed E-state index contributed by atoms with van der Waals surface area (Å²) in [7, 11) is 0. The van der Waals surface area contributed by atoms with E-state index in [1.165, 1.54) is 0 Å². The van der Waals surface area contributed by atoms with Crippen molar-refractivity contribution in [2.24, 2.45) is 0 Å². The highest BCUT2D eigenvalue weighted by Gasteiger charge is 2.28. The zero-order valence-electron chi connectivity index (χ0n) is 18.8. The molecule has 33 heavy (non-hydrogen) atoms. The number of carbonyl (C=O) groups is 2. The number of esters is 1. The number of rotatable bonds is 4. The number of hydrogen-bond acceptors (Lipinski definition) is 4. The summed E-state index contributed by atoms with van der Waals surface area (Å²) in [6.45, 7) is 1.28. The number of allylic oxidation sites excluding steroid dienone is 1. The molecule has 1 aliphatic heterocycles. The van der Waals surface area contributed by atoms with Gasteiger partial charge in [0.15, 0.2) is 6.61 Å². The Bertz CT molecular complexity index is 1210. The third-order valence-corrected chi connectivity index (χ3v) is 6.57. The number of carbonyl (C=O) groups excluding carboxylic acids is 2. The van der Waals surface area contributed by atoms with Crippen molar-refractivity contribution in [1.29, 1.82) is 0 Å². The number of para-hydroxylation sites is 1. The van der Waals surface area contributed by atoms with E-state index in [9.17, 15) is 9.59 Å². The second-order valence-electron chi connectivity index (χ2n) is 8.78. The third-order valence-electron chi connectivity index (χ3n) is 6.57. The monoisotopic (exact) mass is 440 g/mol. The molecular formula is C28H28N2O3. The van der Waals surface area contributed by atoms with Crippen molar-refractivity contribution >= 4 is 34.4 Å². The number of amides is 1. The molecule has 1 aromatic heterocycles. The highest BCUT2D eigenvalue weighted by atomic mass is 16.5. The smallest absolute Gasteiger partial charge is 0.339 e. The topological polar surface area (TPSA) is 59.5 Å². The lowest BCUT2D eigenvalue weighted by atomic mass is 10.0. The SMILES string of the molecule is O=C(OCC(=O)N1CCCCCC1)c1c2c(nc3ccccc13)C(=Cc1ccccc1)CC2. The summed E-state index contributed by atoms with van der Waals surface area (Å²) < 4.78 is 5.59. The number of likely N-dealkylation sites (tertiary alicyclic amines) is 1. The lowest BCUT2D eigenvalue weighted by Gasteiger charge is -2.20. The molecular weight excluding hydrogens is 412 g/mol. The molecule has 168 valence electrons. The summed E-state index contributed by atoms with van der Waals surface area (Å²) >= 11 is 0. The van der Waals surface area contributed by atoms with Gasteiger partial charge >= 0.3 is 5.97 Å². The van der Waals surface area contributed by atoms with E-state index >= 15 is 0 Å². The van der Waals surface area contributed by atoms with Crippen molar-refractivity contribution in [2.45, 2.75) is 38.5 Å². The Balaban J connectivity index is 1.45. The summed E-state index contributed by atoms with van der Waals surface area (Å²) in [4.78, 5) is 32.7. The number of ether oxygens (including phenoxy) is 1. The maximum Gasteiger partial charge on any atom is 0.339 e. The Hall–Kier alpha value is -3.47. The molecule has 2 heterocycles. The van der Waals surface area contributed by atoms with Crippen molar-refractivity contribution in [2.75, 3.05) is 19.7 Å². The van der Waals surface area contributed by atoms with Gasteiger partial charge in [-0.1, -0.05) is 61.4 Å². The van der Waals surface area contributed by atoms with Gasteiger partial charge < -0.3 is 9.64 Å². The van der Waals surface area contributed by atoms with E-state index < -0.39 is 5.97 Å². The first-order chi connectivity index (χ1) is 16.2. The van der Waals surface area contributed by atoms with Crippen molar-refractivity contribution in [3.8, 4) is 0 Å². The Morgan fingerprint density at radius 3 is 2.42 bits per heavy atom. The third kappa shape index (κ3) is 4.54. The van der Waals surface area contributed by atoms with Crippen LogP contribution in [0.15, 0.2) is 54.6 Å². The summed E-state index contributed by atoms with van der Waals surface area (Å²) in [6.07, 6.45) is 8.02. The second-order valence-corrected chi connectivity index (χ2v) is 8.78. The molecule has 0 N–H and O–H groups in total. The van der Waals surface area contributed by atoms with E-state index in [1.807, 2.05) is 47.4 Å². The van der Waals surface area contributed by atoms with Crippen LogP contribution >= 0.6 is 0 Å². The van der Waals surface area contributed by atoms with E-state index in [-0.39, 0.29) is 12.5 Å². The van der Waals surface area contributed by atoms with Gasteiger partial charge in [-0.3, -0.25) is 4.79 Å². The number of hydrogen-bond donors (Lipinski definition) is 0. The van der Waals surface area contributed by atoms with E-state index in [1.54, 1.807) is 0 Å². The maximum atomic E-state index is 13.3. The Kier molecular flexibility index (Phi) is 6.20. The lowest BCUT2D eigenvalue weighted by molar-refractivity contribution is -0.134. The van der Waals surface area contributed by atoms with Crippen LogP contribution in [0.3, 0.4) is 0 Å². The van der Waals surface area contributed by atoms with Crippen LogP contribution in [-0.4, -0.2) is 41.5 Å². The fourth-order valence-electron chi connectivity index (χ4n) is 4.87. The van der Waals surface area contributed by atoms with Crippen LogP contribution in [0.2, 0.25) is 0 Å².